The zero-order chi connectivity index (χ0) is 19.5. The van der Waals surface area contributed by atoms with Gasteiger partial charge in [-0.15, -0.1) is 0 Å². The molecule has 0 unspecified atom stereocenters. The Bertz CT molecular complexity index is 1200. The average Bonchev–Trinajstić information content (AvgIpc) is 2.71. The number of hydrogen-bond acceptors (Lipinski definition) is 5. The van der Waals surface area contributed by atoms with Crippen LogP contribution in [-0.2, 0) is 11.3 Å². The van der Waals surface area contributed by atoms with Crippen LogP contribution in [0.5, 0.6) is 0 Å². The monoisotopic (exact) mass is 371 g/mol. The van der Waals surface area contributed by atoms with E-state index in [1.54, 1.807) is 12.1 Å². The fraction of sp³-hybridized carbons (Fsp3) is 0.0952. The van der Waals surface area contributed by atoms with Gasteiger partial charge in [-0.25, -0.2) is 15.0 Å². The molecule has 4 aromatic rings. The van der Waals surface area contributed by atoms with Gasteiger partial charge in [0.05, 0.1) is 0 Å². The zero-order valence-corrected chi connectivity index (χ0v) is 15.2. The third-order valence-electron chi connectivity index (χ3n) is 4.26. The van der Waals surface area contributed by atoms with Crippen molar-refractivity contribution in [2.75, 3.05) is 5.32 Å². The van der Waals surface area contributed by atoms with Crippen LogP contribution in [0.2, 0.25) is 0 Å². The summed E-state index contributed by atoms with van der Waals surface area (Å²) in [5, 5.41) is 3.01. The minimum Gasteiger partial charge on any atom is -0.325 e. The predicted molar refractivity (Wildman–Crippen MR) is 107 cm³/mol. The second kappa shape index (κ2) is 7.40. The molecule has 1 N–H and O–H groups in total. The molecule has 0 saturated heterocycles. The molecule has 0 fully saturated rings. The number of anilines is 1. The van der Waals surface area contributed by atoms with Crippen molar-refractivity contribution in [1.82, 2.24) is 19.5 Å². The lowest BCUT2D eigenvalue weighted by Crippen LogP contribution is -2.28. The highest BCUT2D eigenvalue weighted by atomic mass is 16.2. The maximum absolute atomic E-state index is 12.7. The number of benzene rings is 2. The number of nitrogens with one attached hydrogen (secondary N) is 1. The molecule has 28 heavy (non-hydrogen) atoms. The molecule has 138 valence electrons. The number of nitrogens with zero attached hydrogens (tertiary/aromatic N) is 4. The number of para-hydroxylation sites is 1. The molecule has 2 heterocycles. The molecule has 4 rings (SSSR count). The quantitative estimate of drug-likeness (QED) is 0.596. The van der Waals surface area contributed by atoms with Gasteiger partial charge in [0, 0.05) is 17.4 Å². The normalized spacial score (nSPS) is 10.8. The Kier molecular flexibility index (Phi) is 4.63. The number of rotatable bonds is 4. The largest absolute Gasteiger partial charge is 0.325 e. The molecule has 2 aromatic carbocycles. The first kappa shape index (κ1) is 17.5. The molecule has 1 amide bonds. The molecule has 0 atom stereocenters. The van der Waals surface area contributed by atoms with Crippen molar-refractivity contribution < 1.29 is 4.79 Å². The topological polar surface area (TPSA) is 89.8 Å². The van der Waals surface area contributed by atoms with Crippen LogP contribution in [0.25, 0.3) is 22.4 Å². The van der Waals surface area contributed by atoms with Crippen LogP contribution >= 0.6 is 0 Å². The number of fused-ring (bicyclic) bond motifs is 1. The maximum atomic E-state index is 12.7. The summed E-state index contributed by atoms with van der Waals surface area (Å²) in [6, 6.07) is 16.8. The lowest BCUT2D eigenvalue weighted by atomic mass is 10.1. The van der Waals surface area contributed by atoms with Gasteiger partial charge in [0.1, 0.15) is 18.3 Å². The van der Waals surface area contributed by atoms with Gasteiger partial charge in [-0.05, 0) is 19.1 Å². The van der Waals surface area contributed by atoms with Crippen LogP contribution in [0.15, 0.2) is 71.9 Å². The summed E-state index contributed by atoms with van der Waals surface area (Å²) in [5.41, 5.74) is 2.60. The van der Waals surface area contributed by atoms with Crippen LogP contribution in [0.3, 0.4) is 0 Å². The van der Waals surface area contributed by atoms with E-state index in [4.69, 9.17) is 0 Å². The number of aromatic nitrogens is 4. The maximum Gasteiger partial charge on any atom is 0.264 e. The van der Waals surface area contributed by atoms with Crippen LogP contribution in [0, 0.1) is 6.92 Å². The Hall–Kier alpha value is -3.87. The molecule has 7 nitrogen and oxygen atoms in total. The molecule has 7 heteroatoms. The Morgan fingerprint density at radius 2 is 1.79 bits per heavy atom. The van der Waals surface area contributed by atoms with E-state index >= 15 is 0 Å². The minimum atomic E-state index is -0.358. The van der Waals surface area contributed by atoms with Crippen LogP contribution < -0.4 is 10.9 Å². The summed E-state index contributed by atoms with van der Waals surface area (Å²) in [6.07, 6.45) is 2.79. The van der Waals surface area contributed by atoms with E-state index in [1.165, 1.54) is 17.1 Å². The Balaban J connectivity index is 1.60. The van der Waals surface area contributed by atoms with E-state index in [0.29, 0.717) is 17.2 Å². The van der Waals surface area contributed by atoms with Gasteiger partial charge in [-0.1, -0.05) is 48.0 Å². The molecule has 0 radical (unpaired) electrons. The van der Waals surface area contributed by atoms with Crippen molar-refractivity contribution in [3.05, 3.63) is 83.0 Å². The third kappa shape index (κ3) is 3.64. The molecule has 0 bridgehead atoms. The second-order valence-corrected chi connectivity index (χ2v) is 6.39. The van der Waals surface area contributed by atoms with Crippen molar-refractivity contribution in [3.63, 3.8) is 0 Å². The summed E-state index contributed by atoms with van der Waals surface area (Å²) in [5.74, 6) is 0.186. The Morgan fingerprint density at radius 1 is 1.04 bits per heavy atom. The summed E-state index contributed by atoms with van der Waals surface area (Å²) >= 11 is 0. The highest BCUT2D eigenvalue weighted by Gasteiger charge is 2.11. The fourth-order valence-corrected chi connectivity index (χ4v) is 2.78. The minimum absolute atomic E-state index is 0.142. The lowest BCUT2D eigenvalue weighted by Gasteiger charge is -2.08. The molecule has 0 saturated carbocycles. The highest BCUT2D eigenvalue weighted by molar-refractivity contribution is 5.90. The van der Waals surface area contributed by atoms with Crippen LogP contribution in [-0.4, -0.2) is 25.4 Å². The Morgan fingerprint density at radius 3 is 2.54 bits per heavy atom. The molecular formula is C21H17N5O2. The summed E-state index contributed by atoms with van der Waals surface area (Å²) in [4.78, 5) is 37.8. The Labute approximate surface area is 160 Å². The van der Waals surface area contributed by atoms with E-state index in [9.17, 15) is 9.59 Å². The second-order valence-electron chi connectivity index (χ2n) is 6.39. The highest BCUT2D eigenvalue weighted by Crippen LogP contribution is 2.16. The van der Waals surface area contributed by atoms with Gasteiger partial charge in [-0.2, -0.15) is 0 Å². The number of amides is 1. The van der Waals surface area contributed by atoms with E-state index in [1.807, 2.05) is 49.4 Å². The first-order valence-electron chi connectivity index (χ1n) is 8.74. The first-order chi connectivity index (χ1) is 13.6. The molecule has 2 aromatic heterocycles. The van der Waals surface area contributed by atoms with Gasteiger partial charge in [0.25, 0.3) is 5.56 Å². The smallest absolute Gasteiger partial charge is 0.264 e. The summed E-state index contributed by atoms with van der Waals surface area (Å²) in [6.45, 7) is 1.86. The van der Waals surface area contributed by atoms with Crippen molar-refractivity contribution in [3.8, 4) is 11.4 Å². The lowest BCUT2D eigenvalue weighted by molar-refractivity contribution is -0.116. The van der Waals surface area contributed by atoms with Gasteiger partial charge in [0.2, 0.25) is 5.91 Å². The molecule has 0 aliphatic carbocycles. The first-order valence-corrected chi connectivity index (χ1v) is 8.74. The van der Waals surface area contributed by atoms with Gasteiger partial charge >= 0.3 is 0 Å². The number of aryl methyl sites for hydroxylation is 1. The fourth-order valence-electron chi connectivity index (χ4n) is 2.78. The molecule has 0 aliphatic rings. The van der Waals surface area contributed by atoms with E-state index in [0.717, 1.165) is 11.1 Å². The van der Waals surface area contributed by atoms with Crippen LogP contribution in [0.1, 0.15) is 5.56 Å². The van der Waals surface area contributed by atoms with E-state index < -0.39 is 0 Å². The summed E-state index contributed by atoms with van der Waals surface area (Å²) in [7, 11) is 0. The molecule has 0 spiro atoms. The van der Waals surface area contributed by atoms with Crippen molar-refractivity contribution in [2.45, 2.75) is 13.5 Å². The third-order valence-corrected chi connectivity index (χ3v) is 4.26. The predicted octanol–water partition coefficient (Wildman–Crippen LogP) is 2.80. The number of hydrogen-bond donors (Lipinski definition) is 1. The molecule has 0 aliphatic heterocycles. The summed E-state index contributed by atoms with van der Waals surface area (Å²) < 4.78 is 1.25. The van der Waals surface area contributed by atoms with Gasteiger partial charge < -0.3 is 5.32 Å². The van der Waals surface area contributed by atoms with Crippen molar-refractivity contribution in [2.24, 2.45) is 0 Å². The standard InChI is InChI=1S/C21H17N5O2/c1-14-7-9-15(10-8-14)19-22-11-17-20(25-19)23-13-26(21(17)28)12-18(27)24-16-5-3-2-4-6-16/h2-11,13H,12H2,1H3,(H,24,27). The van der Waals surface area contributed by atoms with Gasteiger partial charge in [0.15, 0.2) is 11.5 Å². The number of carbonyl (C=O) groups excluding carboxylic acids is 1. The molecular weight excluding hydrogens is 354 g/mol. The zero-order valence-electron chi connectivity index (χ0n) is 15.2. The average molecular weight is 371 g/mol. The van der Waals surface area contributed by atoms with Crippen molar-refractivity contribution in [1.29, 1.82) is 0 Å². The van der Waals surface area contributed by atoms with Gasteiger partial charge in [-0.3, -0.25) is 14.2 Å². The SMILES string of the molecule is Cc1ccc(-c2ncc3c(=O)n(CC(=O)Nc4ccccc4)cnc3n2)cc1. The van der Waals surface area contributed by atoms with Crippen LogP contribution in [0.4, 0.5) is 5.69 Å². The van der Waals surface area contributed by atoms with E-state index in [-0.39, 0.29) is 23.4 Å². The van der Waals surface area contributed by atoms with Crippen molar-refractivity contribution >= 4 is 22.6 Å². The number of carbonyl (C=O) groups is 1. The van der Waals surface area contributed by atoms with E-state index in [2.05, 4.69) is 20.3 Å².